The number of amides is 1. The zero-order valence-electron chi connectivity index (χ0n) is 10.8. The maximum Gasteiger partial charge on any atom is 0.248 e. The first-order chi connectivity index (χ1) is 8.81. The molecule has 0 atom stereocenters. The zero-order valence-corrected chi connectivity index (χ0v) is 10.8. The van der Waals surface area contributed by atoms with Crippen LogP contribution in [0.3, 0.4) is 0 Å². The molecule has 0 fully saturated rings. The molecule has 1 aromatic rings. The molecule has 0 unspecified atom stereocenters. The van der Waals surface area contributed by atoms with E-state index in [0.29, 0.717) is 13.2 Å². The molecule has 1 aromatic carbocycles. The molecule has 0 spiro atoms. The Balaban J connectivity index is 1.94. The summed E-state index contributed by atoms with van der Waals surface area (Å²) in [5.74, 6) is 0.0835. The molecule has 96 valence electrons. The number of hydrogen-bond acceptors (Lipinski definition) is 2. The van der Waals surface area contributed by atoms with Crippen LogP contribution in [-0.2, 0) is 9.53 Å². The fraction of sp³-hybridized carbons (Fsp3) is 0.400. The summed E-state index contributed by atoms with van der Waals surface area (Å²) < 4.78 is 5.15. The highest BCUT2D eigenvalue weighted by Gasteiger charge is 2.17. The first-order valence-electron chi connectivity index (χ1n) is 6.41. The first kappa shape index (κ1) is 12.8. The van der Waals surface area contributed by atoms with Crippen molar-refractivity contribution in [1.29, 1.82) is 0 Å². The van der Waals surface area contributed by atoms with Gasteiger partial charge in [0.15, 0.2) is 0 Å². The van der Waals surface area contributed by atoms with Gasteiger partial charge in [0.1, 0.15) is 6.61 Å². The van der Waals surface area contributed by atoms with Gasteiger partial charge in [-0.05, 0) is 24.5 Å². The average Bonchev–Trinajstić information content (AvgIpc) is 2.46. The topological polar surface area (TPSA) is 29.5 Å². The van der Waals surface area contributed by atoms with Crippen LogP contribution in [0.1, 0.15) is 18.9 Å². The van der Waals surface area contributed by atoms with Crippen molar-refractivity contribution in [3.05, 3.63) is 42.0 Å². The molecule has 0 aromatic heterocycles. The van der Waals surface area contributed by atoms with E-state index in [4.69, 9.17) is 4.74 Å². The van der Waals surface area contributed by atoms with Crippen LogP contribution < -0.4 is 0 Å². The van der Waals surface area contributed by atoms with Gasteiger partial charge < -0.3 is 9.64 Å². The zero-order chi connectivity index (χ0) is 12.8. The van der Waals surface area contributed by atoms with Gasteiger partial charge in [-0.2, -0.15) is 0 Å². The quantitative estimate of drug-likeness (QED) is 0.815. The van der Waals surface area contributed by atoms with Gasteiger partial charge in [0.05, 0.1) is 0 Å². The lowest BCUT2D eigenvalue weighted by molar-refractivity contribution is -0.135. The SMILES string of the molecule is CCOCC(=O)N1CC=C(c2ccccc2)CC1. The molecule has 1 aliphatic heterocycles. The molecule has 0 saturated carbocycles. The summed E-state index contributed by atoms with van der Waals surface area (Å²) in [5.41, 5.74) is 2.59. The molecular formula is C15H19NO2. The van der Waals surface area contributed by atoms with Crippen molar-refractivity contribution in [2.45, 2.75) is 13.3 Å². The molecule has 0 N–H and O–H groups in total. The fourth-order valence-electron chi connectivity index (χ4n) is 2.09. The van der Waals surface area contributed by atoms with Gasteiger partial charge in [-0.15, -0.1) is 0 Å². The molecule has 0 radical (unpaired) electrons. The highest BCUT2D eigenvalue weighted by Crippen LogP contribution is 2.21. The molecule has 1 heterocycles. The van der Waals surface area contributed by atoms with E-state index in [1.807, 2.05) is 30.0 Å². The predicted octanol–water partition coefficient (Wildman–Crippen LogP) is 2.34. The molecule has 0 saturated heterocycles. The Labute approximate surface area is 108 Å². The van der Waals surface area contributed by atoms with Gasteiger partial charge in [-0.25, -0.2) is 0 Å². The third-order valence-corrected chi connectivity index (χ3v) is 3.14. The largest absolute Gasteiger partial charge is 0.372 e. The highest BCUT2D eigenvalue weighted by molar-refractivity contribution is 5.79. The summed E-state index contributed by atoms with van der Waals surface area (Å²) >= 11 is 0. The maximum atomic E-state index is 11.8. The minimum Gasteiger partial charge on any atom is -0.372 e. The van der Waals surface area contributed by atoms with Gasteiger partial charge in [0, 0.05) is 19.7 Å². The average molecular weight is 245 g/mol. The van der Waals surface area contributed by atoms with E-state index in [0.717, 1.165) is 13.0 Å². The Kier molecular flexibility index (Phi) is 4.53. The summed E-state index contributed by atoms with van der Waals surface area (Å²) in [5, 5.41) is 0. The lowest BCUT2D eigenvalue weighted by atomic mass is 10.00. The van der Waals surface area contributed by atoms with E-state index in [2.05, 4.69) is 18.2 Å². The molecule has 0 aliphatic carbocycles. The molecular weight excluding hydrogens is 226 g/mol. The summed E-state index contributed by atoms with van der Waals surface area (Å²) in [6, 6.07) is 10.3. The van der Waals surface area contributed by atoms with Gasteiger partial charge in [0.25, 0.3) is 0 Å². The van der Waals surface area contributed by atoms with Crippen molar-refractivity contribution in [2.75, 3.05) is 26.3 Å². The van der Waals surface area contributed by atoms with Crippen LogP contribution in [0.4, 0.5) is 0 Å². The van der Waals surface area contributed by atoms with E-state index >= 15 is 0 Å². The van der Waals surface area contributed by atoms with Gasteiger partial charge in [-0.1, -0.05) is 36.4 Å². The Morgan fingerprint density at radius 1 is 1.33 bits per heavy atom. The smallest absolute Gasteiger partial charge is 0.248 e. The molecule has 1 amide bonds. The van der Waals surface area contributed by atoms with Crippen molar-refractivity contribution >= 4 is 11.5 Å². The molecule has 3 nitrogen and oxygen atoms in total. The van der Waals surface area contributed by atoms with Crippen molar-refractivity contribution in [3.8, 4) is 0 Å². The molecule has 18 heavy (non-hydrogen) atoms. The third kappa shape index (κ3) is 3.20. The van der Waals surface area contributed by atoms with Gasteiger partial charge >= 0.3 is 0 Å². The lowest BCUT2D eigenvalue weighted by Gasteiger charge is -2.26. The van der Waals surface area contributed by atoms with Crippen molar-refractivity contribution in [1.82, 2.24) is 4.90 Å². The van der Waals surface area contributed by atoms with Crippen LogP contribution in [0.5, 0.6) is 0 Å². The van der Waals surface area contributed by atoms with Crippen LogP contribution in [-0.4, -0.2) is 37.1 Å². The summed E-state index contributed by atoms with van der Waals surface area (Å²) in [6.45, 7) is 4.16. The molecule has 2 rings (SSSR count). The number of ether oxygens (including phenoxy) is 1. The number of hydrogen-bond donors (Lipinski definition) is 0. The van der Waals surface area contributed by atoms with Crippen LogP contribution in [0.25, 0.3) is 5.57 Å². The molecule has 3 heteroatoms. The number of carbonyl (C=O) groups is 1. The van der Waals surface area contributed by atoms with Crippen LogP contribution in [0.15, 0.2) is 36.4 Å². The second-order valence-electron chi connectivity index (χ2n) is 4.32. The molecule has 0 bridgehead atoms. The maximum absolute atomic E-state index is 11.8. The predicted molar refractivity (Wildman–Crippen MR) is 72.1 cm³/mol. The van der Waals surface area contributed by atoms with Crippen LogP contribution in [0, 0.1) is 0 Å². The number of rotatable bonds is 4. The Bertz CT molecular complexity index is 425. The van der Waals surface area contributed by atoms with E-state index in [-0.39, 0.29) is 12.5 Å². The van der Waals surface area contributed by atoms with Crippen molar-refractivity contribution in [2.24, 2.45) is 0 Å². The normalized spacial score (nSPS) is 15.4. The minimum absolute atomic E-state index is 0.0835. The molecule has 1 aliphatic rings. The second kappa shape index (κ2) is 6.36. The van der Waals surface area contributed by atoms with E-state index < -0.39 is 0 Å². The van der Waals surface area contributed by atoms with Crippen LogP contribution in [0.2, 0.25) is 0 Å². The van der Waals surface area contributed by atoms with E-state index in [1.54, 1.807) is 0 Å². The number of nitrogens with zero attached hydrogens (tertiary/aromatic N) is 1. The Hall–Kier alpha value is -1.61. The monoisotopic (exact) mass is 245 g/mol. The third-order valence-electron chi connectivity index (χ3n) is 3.14. The Morgan fingerprint density at radius 3 is 2.72 bits per heavy atom. The number of benzene rings is 1. The standard InChI is InChI=1S/C15H19NO2/c1-2-18-12-15(17)16-10-8-14(9-11-16)13-6-4-3-5-7-13/h3-8H,2,9-12H2,1H3. The van der Waals surface area contributed by atoms with Crippen molar-refractivity contribution in [3.63, 3.8) is 0 Å². The fourth-order valence-corrected chi connectivity index (χ4v) is 2.09. The van der Waals surface area contributed by atoms with Gasteiger partial charge in [0.2, 0.25) is 5.91 Å². The van der Waals surface area contributed by atoms with Crippen molar-refractivity contribution < 1.29 is 9.53 Å². The van der Waals surface area contributed by atoms with Gasteiger partial charge in [-0.3, -0.25) is 4.79 Å². The van der Waals surface area contributed by atoms with E-state index in [1.165, 1.54) is 11.1 Å². The Morgan fingerprint density at radius 2 is 2.11 bits per heavy atom. The minimum atomic E-state index is 0.0835. The lowest BCUT2D eigenvalue weighted by Crippen LogP contribution is -2.37. The van der Waals surface area contributed by atoms with E-state index in [9.17, 15) is 4.79 Å². The summed E-state index contributed by atoms with van der Waals surface area (Å²) in [6.07, 6.45) is 3.06. The number of carbonyl (C=O) groups excluding carboxylic acids is 1. The second-order valence-corrected chi connectivity index (χ2v) is 4.32. The van der Waals surface area contributed by atoms with Crippen LogP contribution >= 0.6 is 0 Å². The highest BCUT2D eigenvalue weighted by atomic mass is 16.5. The summed E-state index contributed by atoms with van der Waals surface area (Å²) in [7, 11) is 0. The summed E-state index contributed by atoms with van der Waals surface area (Å²) in [4.78, 5) is 13.6. The first-order valence-corrected chi connectivity index (χ1v) is 6.41.